The van der Waals surface area contributed by atoms with Crippen LogP contribution in [-0.4, -0.2) is 19.6 Å². The summed E-state index contributed by atoms with van der Waals surface area (Å²) in [6.07, 6.45) is 14.7. The van der Waals surface area contributed by atoms with E-state index in [2.05, 4.69) is 11.1 Å². The largest absolute Gasteiger partial charge is 1.00 e. The molecule has 0 atom stereocenters. The Morgan fingerprint density at radius 2 is 1.15 bits per heavy atom. The van der Waals surface area contributed by atoms with Gasteiger partial charge in [-0.2, -0.15) is 8.42 Å². The van der Waals surface area contributed by atoms with Crippen LogP contribution in [0.25, 0.3) is 0 Å². The summed E-state index contributed by atoms with van der Waals surface area (Å²) in [4.78, 5) is 0. The van der Waals surface area contributed by atoms with Gasteiger partial charge in [0.2, 0.25) is 0 Å². The van der Waals surface area contributed by atoms with Gasteiger partial charge in [-0.15, -0.1) is 0 Å². The molecule has 0 saturated carbocycles. The summed E-state index contributed by atoms with van der Waals surface area (Å²) in [7, 11) is -4.24. The Balaban J connectivity index is -0.00000162. The summed E-state index contributed by atoms with van der Waals surface area (Å²) in [6, 6.07) is 0. The van der Waals surface area contributed by atoms with E-state index in [1.165, 1.54) is 57.8 Å². The van der Waals surface area contributed by atoms with Gasteiger partial charge in [0.1, 0.15) is 0 Å². The molecule has 0 bridgehead atoms. The number of unbranched alkanes of at least 4 members (excludes halogenated alkanes) is 11. The molecule has 0 aromatic rings. The Hall–Kier alpha value is 0.870. The Morgan fingerprint density at radius 1 is 0.800 bits per heavy atom. The van der Waals surface area contributed by atoms with Crippen LogP contribution in [0.15, 0.2) is 0 Å². The molecule has 0 saturated heterocycles. The number of rotatable bonds is 14. The Labute approximate surface area is 148 Å². The molecule has 0 aromatic heterocycles. The van der Waals surface area contributed by atoms with Crippen LogP contribution < -0.4 is 29.6 Å². The Morgan fingerprint density at radius 3 is 1.50 bits per heavy atom. The maximum absolute atomic E-state index is 10.3. The van der Waals surface area contributed by atoms with Crippen LogP contribution in [-0.2, 0) is 14.6 Å². The first-order valence-corrected chi connectivity index (χ1v) is 9.04. The Bertz CT molecular complexity index is 287. The third kappa shape index (κ3) is 21.2. The fourth-order valence-electron chi connectivity index (χ4n) is 2.11. The molecular weight excluding hydrogens is 287 g/mol. The molecule has 6 heteroatoms. The van der Waals surface area contributed by atoms with E-state index in [0.717, 1.165) is 12.8 Å². The van der Waals surface area contributed by atoms with Gasteiger partial charge in [0.25, 0.3) is 0 Å². The van der Waals surface area contributed by atoms with Crippen molar-refractivity contribution in [3.05, 3.63) is 0 Å². The van der Waals surface area contributed by atoms with Crippen LogP contribution in [0.2, 0.25) is 0 Å². The average Bonchev–Trinajstić information content (AvgIpc) is 2.34. The third-order valence-corrected chi connectivity index (χ3v) is 3.69. The summed E-state index contributed by atoms with van der Waals surface area (Å²) in [6.45, 7) is 2.33. The van der Waals surface area contributed by atoms with E-state index in [4.69, 9.17) is 4.55 Å². The van der Waals surface area contributed by atoms with Crippen LogP contribution in [0.1, 0.15) is 85.4 Å². The van der Waals surface area contributed by atoms with Crippen molar-refractivity contribution in [2.24, 2.45) is 0 Å². The zero-order chi connectivity index (χ0) is 14.4. The molecule has 0 aromatic carbocycles. The van der Waals surface area contributed by atoms with Crippen LogP contribution in [0, 0.1) is 0 Å². The fraction of sp³-hybridized carbons (Fsp3) is 1.00. The van der Waals surface area contributed by atoms with Gasteiger partial charge in [-0.3, -0.25) is 4.55 Å². The van der Waals surface area contributed by atoms with E-state index in [1.54, 1.807) is 0 Å². The third-order valence-electron chi connectivity index (χ3n) is 3.23. The monoisotopic (exact) mass is 318 g/mol. The van der Waals surface area contributed by atoms with Crippen LogP contribution >= 0.6 is 0 Å². The first kappa shape index (κ1) is 23.1. The second-order valence-electron chi connectivity index (χ2n) is 5.14. The maximum atomic E-state index is 10.3. The van der Waals surface area contributed by atoms with Crippen molar-refractivity contribution in [2.75, 3.05) is 6.61 Å². The Kier molecular flexibility index (Phi) is 18.8. The summed E-state index contributed by atoms with van der Waals surface area (Å²) >= 11 is 0. The topological polar surface area (TPSA) is 63.6 Å². The van der Waals surface area contributed by atoms with Gasteiger partial charge in [-0.1, -0.05) is 77.6 Å². The first-order valence-electron chi connectivity index (χ1n) is 7.68. The molecule has 118 valence electrons. The van der Waals surface area contributed by atoms with Crippen molar-refractivity contribution in [1.82, 2.24) is 0 Å². The van der Waals surface area contributed by atoms with Gasteiger partial charge < -0.3 is 1.43 Å². The molecule has 0 amide bonds. The molecule has 0 rings (SSSR count). The van der Waals surface area contributed by atoms with Crippen LogP contribution in [0.3, 0.4) is 0 Å². The smallest absolute Gasteiger partial charge is 1.00 e. The summed E-state index contributed by atoms with van der Waals surface area (Å²) in [5, 5.41) is 0. The van der Waals surface area contributed by atoms with Gasteiger partial charge in [-0.05, 0) is 6.42 Å². The molecule has 0 aliphatic rings. The molecule has 0 spiro atoms. The zero-order valence-corrected chi connectivity index (χ0v) is 16.1. The summed E-state index contributed by atoms with van der Waals surface area (Å²) < 4.78 is 33.1. The SMILES string of the molecule is CCCCCCCCCCCCCCOS(=O)(=O)O.[H-].[Na+]. The average molecular weight is 318 g/mol. The fourth-order valence-corrected chi connectivity index (χ4v) is 2.44. The molecule has 1 N–H and O–H groups in total. The van der Waals surface area contributed by atoms with Crippen molar-refractivity contribution in [3.63, 3.8) is 0 Å². The van der Waals surface area contributed by atoms with Crippen molar-refractivity contribution < 1.29 is 48.1 Å². The zero-order valence-electron chi connectivity index (χ0n) is 14.3. The van der Waals surface area contributed by atoms with Crippen molar-refractivity contribution in [2.45, 2.75) is 84.0 Å². The second-order valence-corrected chi connectivity index (χ2v) is 6.23. The molecule has 0 fully saturated rings. The van der Waals surface area contributed by atoms with E-state index in [0.29, 0.717) is 6.42 Å². The van der Waals surface area contributed by atoms with E-state index in [1.807, 2.05) is 0 Å². The van der Waals surface area contributed by atoms with E-state index in [9.17, 15) is 8.42 Å². The normalized spacial score (nSPS) is 11.3. The summed E-state index contributed by atoms with van der Waals surface area (Å²) in [5.41, 5.74) is 0. The molecule has 0 heterocycles. The quantitative estimate of drug-likeness (QED) is 0.300. The van der Waals surface area contributed by atoms with Crippen molar-refractivity contribution in [3.8, 4) is 0 Å². The van der Waals surface area contributed by atoms with Crippen molar-refractivity contribution >= 4 is 10.4 Å². The van der Waals surface area contributed by atoms with E-state index in [-0.39, 0.29) is 37.6 Å². The van der Waals surface area contributed by atoms with Gasteiger partial charge in [0.05, 0.1) is 6.61 Å². The molecule has 0 unspecified atom stereocenters. The van der Waals surface area contributed by atoms with Gasteiger partial charge in [-0.25, -0.2) is 4.18 Å². The minimum absolute atomic E-state index is 0. The standard InChI is InChI=1S/C14H30O4S.Na.H/c1-2-3-4-5-6-7-8-9-10-11-12-13-14-18-19(15,16)17;;/h2-14H2,1H3,(H,15,16,17);;/q;+1;-1. The van der Waals surface area contributed by atoms with Crippen LogP contribution in [0.4, 0.5) is 0 Å². The first-order chi connectivity index (χ1) is 9.06. The number of hydrogen-bond donors (Lipinski definition) is 1. The van der Waals surface area contributed by atoms with Crippen molar-refractivity contribution in [1.29, 1.82) is 0 Å². The molecule has 4 nitrogen and oxygen atoms in total. The second kappa shape index (κ2) is 16.2. The molecule has 20 heavy (non-hydrogen) atoms. The van der Waals surface area contributed by atoms with E-state index >= 15 is 0 Å². The molecule has 0 aliphatic carbocycles. The molecular formula is C14H31NaO4S. The van der Waals surface area contributed by atoms with Gasteiger partial charge in [0.15, 0.2) is 0 Å². The predicted octanol–water partition coefficient (Wildman–Crippen LogP) is 1.62. The minimum atomic E-state index is -4.24. The van der Waals surface area contributed by atoms with Gasteiger partial charge in [0, 0.05) is 0 Å². The number of hydrogen-bond acceptors (Lipinski definition) is 3. The maximum Gasteiger partial charge on any atom is 1.00 e. The minimum Gasteiger partial charge on any atom is -1.00 e. The molecule has 0 radical (unpaired) electrons. The van der Waals surface area contributed by atoms with Gasteiger partial charge >= 0.3 is 40.0 Å². The summed E-state index contributed by atoms with van der Waals surface area (Å²) in [5.74, 6) is 0. The molecule has 0 aliphatic heterocycles. The van der Waals surface area contributed by atoms with Crippen LogP contribution in [0.5, 0.6) is 0 Å². The van der Waals surface area contributed by atoms with E-state index < -0.39 is 10.4 Å². The predicted molar refractivity (Wildman–Crippen MR) is 79.7 cm³/mol.